The number of para-hydroxylation sites is 3. The highest BCUT2D eigenvalue weighted by Crippen LogP contribution is 2.48. The van der Waals surface area contributed by atoms with Crippen LogP contribution in [0.15, 0.2) is 178 Å². The lowest BCUT2D eigenvalue weighted by Crippen LogP contribution is -2.09. The highest BCUT2D eigenvalue weighted by molar-refractivity contribution is 6.10. The van der Waals surface area contributed by atoms with Crippen LogP contribution >= 0.6 is 0 Å². The minimum Gasteiger partial charge on any atom is -0.462 e. The zero-order valence-corrected chi connectivity index (χ0v) is 34.3. The van der Waals surface area contributed by atoms with Gasteiger partial charge in [0.15, 0.2) is 0 Å². The summed E-state index contributed by atoms with van der Waals surface area (Å²) >= 11 is 0. The number of hydrogen-bond donors (Lipinski definition) is 0. The molecule has 0 unspecified atom stereocenters. The lowest BCUT2D eigenvalue weighted by molar-refractivity contribution is 0.610. The number of nitrogens with zero attached hydrogens (tertiary/aromatic N) is 5. The van der Waals surface area contributed by atoms with E-state index in [0.717, 1.165) is 78.2 Å². The van der Waals surface area contributed by atoms with Crippen LogP contribution in [0.3, 0.4) is 0 Å². The predicted molar refractivity (Wildman–Crippen MR) is 249 cm³/mol. The second-order valence-corrected chi connectivity index (χ2v) is 16.3. The van der Waals surface area contributed by atoms with Crippen molar-refractivity contribution in [1.82, 2.24) is 13.7 Å². The molecule has 12 aromatic rings. The Labute approximate surface area is 351 Å². The average Bonchev–Trinajstić information content (AvgIpc) is 4.15. The summed E-state index contributed by atoms with van der Waals surface area (Å²) < 4.78 is 25.6. The highest BCUT2D eigenvalue weighted by atomic mass is 16.3. The van der Waals surface area contributed by atoms with Crippen molar-refractivity contribution in [3.63, 3.8) is 0 Å². The quantitative estimate of drug-likeness (QED) is 0.153. The van der Waals surface area contributed by atoms with E-state index in [4.69, 9.17) is 13.3 Å². The monoisotopic (exact) mass is 795 g/mol. The molecule has 0 radical (unpaired) electrons. The molecule has 0 spiro atoms. The molecule has 0 bridgehead atoms. The minimum atomic E-state index is 0.645. The van der Waals surface area contributed by atoms with Crippen molar-refractivity contribution in [2.45, 2.75) is 20.4 Å². The smallest absolute Gasteiger partial charge is 0.136 e. The van der Waals surface area contributed by atoms with Gasteiger partial charge in [-0.05, 0) is 85.1 Å². The van der Waals surface area contributed by atoms with Crippen LogP contribution in [0.4, 0.5) is 34.1 Å². The molecule has 0 aliphatic heterocycles. The largest absolute Gasteiger partial charge is 0.462 e. The summed E-state index contributed by atoms with van der Waals surface area (Å²) in [6.07, 6.45) is 12.3. The molecule has 8 nitrogen and oxygen atoms in total. The van der Waals surface area contributed by atoms with Crippen molar-refractivity contribution in [3.8, 4) is 0 Å². The Morgan fingerprint density at radius 1 is 0.410 bits per heavy atom. The van der Waals surface area contributed by atoms with E-state index in [1.54, 1.807) is 0 Å². The Kier molecular flexibility index (Phi) is 7.68. The molecule has 0 saturated carbocycles. The van der Waals surface area contributed by atoms with E-state index in [0.29, 0.717) is 6.54 Å². The molecule has 12 rings (SSSR count). The lowest BCUT2D eigenvalue weighted by atomic mass is 10.1. The lowest BCUT2D eigenvalue weighted by Gasteiger charge is -2.23. The number of aryl methyl sites for hydroxylation is 4. The third kappa shape index (κ3) is 5.45. The van der Waals surface area contributed by atoms with Crippen LogP contribution in [-0.2, 0) is 20.6 Å². The fraction of sp³-hybridized carbons (Fsp3) is 0.0943. The second-order valence-electron chi connectivity index (χ2n) is 16.3. The average molecular weight is 796 g/mol. The number of rotatable bonds is 8. The number of anilines is 6. The third-order valence-electron chi connectivity index (χ3n) is 12.4. The van der Waals surface area contributed by atoms with Gasteiger partial charge in [0.05, 0.1) is 39.6 Å². The zero-order chi connectivity index (χ0) is 40.9. The van der Waals surface area contributed by atoms with Crippen LogP contribution in [0.25, 0.3) is 65.6 Å². The first-order valence-corrected chi connectivity index (χ1v) is 20.6. The molecular formula is C53H41N5O3. The number of aromatic nitrogens is 3. The van der Waals surface area contributed by atoms with E-state index in [-0.39, 0.29) is 0 Å². The fourth-order valence-electron chi connectivity index (χ4n) is 9.43. The fourth-order valence-corrected chi connectivity index (χ4v) is 9.43. The summed E-state index contributed by atoms with van der Waals surface area (Å²) in [5, 5.41) is 6.57. The number of fused-ring (bicyclic) bond motifs is 6. The Morgan fingerprint density at radius 2 is 0.869 bits per heavy atom. The maximum atomic E-state index is 6.47. The van der Waals surface area contributed by atoms with Gasteiger partial charge in [-0.3, -0.25) is 4.90 Å². The summed E-state index contributed by atoms with van der Waals surface area (Å²) in [5.74, 6) is 0. The van der Waals surface area contributed by atoms with Crippen LogP contribution in [0.1, 0.15) is 16.7 Å². The normalized spacial score (nSPS) is 12.0. The van der Waals surface area contributed by atoms with Gasteiger partial charge in [-0.1, -0.05) is 72.8 Å². The maximum Gasteiger partial charge on any atom is 0.136 e. The number of benzene rings is 6. The Balaban J connectivity index is 0.997. The molecule has 6 aromatic heterocycles. The number of furan rings is 3. The van der Waals surface area contributed by atoms with Crippen molar-refractivity contribution in [2.75, 3.05) is 9.80 Å². The molecule has 0 atom stereocenters. The molecule has 0 aliphatic rings. The first-order valence-electron chi connectivity index (χ1n) is 20.6. The Morgan fingerprint density at radius 3 is 1.52 bits per heavy atom. The van der Waals surface area contributed by atoms with Crippen molar-refractivity contribution >= 4 is 99.7 Å². The van der Waals surface area contributed by atoms with E-state index >= 15 is 0 Å². The van der Waals surface area contributed by atoms with Crippen LogP contribution in [0.5, 0.6) is 0 Å². The van der Waals surface area contributed by atoms with Gasteiger partial charge < -0.3 is 31.9 Å². The molecular weight excluding hydrogens is 755 g/mol. The van der Waals surface area contributed by atoms with Crippen LogP contribution in [0, 0.1) is 13.8 Å². The summed E-state index contributed by atoms with van der Waals surface area (Å²) in [5.41, 5.74) is 15.6. The first kappa shape index (κ1) is 35.1. The topological polar surface area (TPSA) is 60.7 Å². The van der Waals surface area contributed by atoms with Crippen molar-refractivity contribution in [2.24, 2.45) is 14.1 Å². The molecule has 0 fully saturated rings. The van der Waals surface area contributed by atoms with Gasteiger partial charge in [-0.2, -0.15) is 0 Å². The Hall–Kier alpha value is -7.84. The van der Waals surface area contributed by atoms with Gasteiger partial charge in [-0.25, -0.2) is 0 Å². The zero-order valence-electron chi connectivity index (χ0n) is 34.3. The summed E-state index contributed by atoms with van der Waals surface area (Å²) in [4.78, 5) is 4.65. The van der Waals surface area contributed by atoms with E-state index < -0.39 is 0 Å². The standard InChI is InChI=1S/C53H41N5O3/c1-33-17-20-38-44(23-33)56(29-47(38)57(45-27-54(3)42-14-8-5-11-36(42)45)46-28-55(4)43-15-9-6-12-37(43)46)26-35-19-22-41-50(32-61-53(41)25-35)58(48-30-59-51-16-10-7-13-39(48)51)49-31-60-52-24-34(2)18-21-40(49)52/h5-25,27-32H,26H2,1-4H3. The van der Waals surface area contributed by atoms with Gasteiger partial charge >= 0.3 is 0 Å². The molecule has 6 aromatic carbocycles. The molecule has 0 amide bonds. The van der Waals surface area contributed by atoms with Gasteiger partial charge in [-0.15, -0.1) is 0 Å². The molecule has 0 N–H and O–H groups in total. The molecule has 0 aliphatic carbocycles. The molecule has 0 saturated heterocycles. The van der Waals surface area contributed by atoms with Crippen molar-refractivity contribution in [3.05, 3.63) is 181 Å². The van der Waals surface area contributed by atoms with Gasteiger partial charge in [0.2, 0.25) is 0 Å². The third-order valence-corrected chi connectivity index (χ3v) is 12.4. The molecule has 61 heavy (non-hydrogen) atoms. The second kappa shape index (κ2) is 13.3. The molecule has 8 heteroatoms. The van der Waals surface area contributed by atoms with Gasteiger partial charge in [0.1, 0.15) is 35.5 Å². The predicted octanol–water partition coefficient (Wildman–Crippen LogP) is 14.5. The van der Waals surface area contributed by atoms with Gasteiger partial charge in [0.25, 0.3) is 0 Å². The summed E-state index contributed by atoms with van der Waals surface area (Å²) in [7, 11) is 4.26. The molecule has 296 valence electrons. The van der Waals surface area contributed by atoms with Crippen LogP contribution < -0.4 is 9.80 Å². The minimum absolute atomic E-state index is 0.645. The van der Waals surface area contributed by atoms with E-state index in [2.05, 4.69) is 179 Å². The van der Waals surface area contributed by atoms with E-state index in [1.165, 1.54) is 38.3 Å². The van der Waals surface area contributed by atoms with Crippen molar-refractivity contribution < 1.29 is 13.3 Å². The van der Waals surface area contributed by atoms with E-state index in [9.17, 15) is 0 Å². The van der Waals surface area contributed by atoms with Crippen LogP contribution in [0.2, 0.25) is 0 Å². The molecule has 6 heterocycles. The van der Waals surface area contributed by atoms with E-state index in [1.807, 2.05) is 37.0 Å². The van der Waals surface area contributed by atoms with Crippen molar-refractivity contribution in [1.29, 1.82) is 0 Å². The Bertz CT molecular complexity index is 3580. The summed E-state index contributed by atoms with van der Waals surface area (Å²) in [6, 6.07) is 45.1. The van der Waals surface area contributed by atoms with Crippen LogP contribution in [-0.4, -0.2) is 13.7 Å². The SMILES string of the molecule is Cc1ccc2c(N(c3coc4ccccc34)c3coc4cc(Cn5cc(N(c6cn(C)c7ccccc67)c6cn(C)c7ccccc67)c6ccc(C)cc65)ccc34)coc2c1. The number of hydrogen-bond acceptors (Lipinski definition) is 5. The maximum absolute atomic E-state index is 6.47. The van der Waals surface area contributed by atoms with Gasteiger partial charge in [0, 0.05) is 82.6 Å². The highest BCUT2D eigenvalue weighted by Gasteiger charge is 2.27. The first-order chi connectivity index (χ1) is 29.9. The summed E-state index contributed by atoms with van der Waals surface area (Å²) in [6.45, 7) is 4.89.